The highest BCUT2D eigenvalue weighted by Crippen LogP contribution is 2.43. The van der Waals surface area contributed by atoms with E-state index in [0.717, 1.165) is 15.6 Å². The van der Waals surface area contributed by atoms with Crippen molar-refractivity contribution in [2.24, 2.45) is 10.7 Å². The van der Waals surface area contributed by atoms with Gasteiger partial charge in [0.15, 0.2) is 5.78 Å². The molecule has 2 aromatic rings. The second-order valence-electron chi connectivity index (χ2n) is 7.70. The third kappa shape index (κ3) is 3.41. The zero-order chi connectivity index (χ0) is 21.7. The van der Waals surface area contributed by atoms with E-state index in [2.05, 4.69) is 15.0 Å². The molecule has 0 unspecified atom stereocenters. The largest absolute Gasteiger partial charge is 0.493 e. The number of hydrogen-bond donors (Lipinski definition) is 1. The number of rotatable bonds is 3. The fraction of sp³-hybridized carbons (Fsp3) is 0.400. The normalized spacial score (nSPS) is 22.2. The summed E-state index contributed by atoms with van der Waals surface area (Å²) in [5.74, 6) is 0.138. The van der Waals surface area contributed by atoms with Gasteiger partial charge in [-0.1, -0.05) is 6.07 Å². The van der Waals surface area contributed by atoms with Crippen LogP contribution in [0.1, 0.15) is 39.4 Å². The Balaban J connectivity index is 1.72. The van der Waals surface area contributed by atoms with E-state index in [1.807, 2.05) is 6.92 Å². The summed E-state index contributed by atoms with van der Waals surface area (Å²) in [6, 6.07) is 5.34. The lowest BCUT2D eigenvalue weighted by atomic mass is 9.85. The molecule has 4 rings (SSSR count). The number of aryl methyl sites for hydroxylation is 2. The van der Waals surface area contributed by atoms with Crippen molar-refractivity contribution in [1.82, 2.24) is 14.3 Å². The number of ether oxygens (including phenoxy) is 1. The van der Waals surface area contributed by atoms with E-state index in [9.17, 15) is 13.2 Å². The van der Waals surface area contributed by atoms with Crippen LogP contribution < -0.4 is 10.5 Å². The molecule has 10 heteroatoms. The number of sulfonamides is 1. The van der Waals surface area contributed by atoms with E-state index in [4.69, 9.17) is 10.5 Å². The molecule has 1 aromatic heterocycles. The molecule has 2 aliphatic heterocycles. The quantitative estimate of drug-likeness (QED) is 0.723. The van der Waals surface area contributed by atoms with E-state index >= 15 is 0 Å². The van der Waals surface area contributed by atoms with E-state index in [-0.39, 0.29) is 23.9 Å². The van der Waals surface area contributed by atoms with E-state index in [1.54, 1.807) is 31.3 Å². The molecule has 1 atom stereocenters. The van der Waals surface area contributed by atoms with Crippen LogP contribution in [0.5, 0.6) is 5.75 Å². The number of Topliss-reactive ketones (excluding diaryl/α,β-unsaturated/α-hetero) is 1. The number of aliphatic imine (C=N–C) groups is 1. The number of nitrogens with two attached hydrogens (primary N) is 1. The number of fused-ring (bicyclic) bond motifs is 2. The number of nitrogens with zero attached hydrogens (tertiary/aromatic N) is 4. The van der Waals surface area contributed by atoms with Crippen LogP contribution in [0, 0.1) is 13.8 Å². The maximum atomic E-state index is 12.8. The first-order valence-corrected chi connectivity index (χ1v) is 11.1. The summed E-state index contributed by atoms with van der Waals surface area (Å²) in [5, 5.41) is 0. The van der Waals surface area contributed by atoms with Gasteiger partial charge in [-0.05, 0) is 31.5 Å². The smallest absolute Gasteiger partial charge is 0.239 e. The van der Waals surface area contributed by atoms with Crippen LogP contribution in [-0.4, -0.2) is 53.8 Å². The van der Waals surface area contributed by atoms with Gasteiger partial charge in [0.25, 0.3) is 0 Å². The molecular formula is C20H23N5O4S. The van der Waals surface area contributed by atoms with Crippen LogP contribution in [-0.2, 0) is 22.0 Å². The van der Waals surface area contributed by atoms with Crippen molar-refractivity contribution in [2.75, 3.05) is 19.4 Å². The van der Waals surface area contributed by atoms with Crippen molar-refractivity contribution in [3.63, 3.8) is 0 Å². The van der Waals surface area contributed by atoms with E-state index in [1.165, 1.54) is 7.05 Å². The average molecular weight is 430 g/mol. The Labute approximate surface area is 175 Å². The van der Waals surface area contributed by atoms with Crippen LogP contribution in [0.2, 0.25) is 0 Å². The number of hydrogen-bond acceptors (Lipinski definition) is 8. The lowest BCUT2D eigenvalue weighted by molar-refractivity contribution is 0.0987. The van der Waals surface area contributed by atoms with Gasteiger partial charge in [-0.3, -0.25) is 9.78 Å². The molecule has 0 bridgehead atoms. The minimum atomic E-state index is -3.61. The summed E-state index contributed by atoms with van der Waals surface area (Å²) in [6.07, 6.45) is 2.05. The fourth-order valence-electron chi connectivity index (χ4n) is 3.91. The van der Waals surface area contributed by atoms with Gasteiger partial charge in [-0.25, -0.2) is 22.7 Å². The molecule has 0 saturated carbocycles. The Morgan fingerprint density at radius 3 is 2.80 bits per heavy atom. The van der Waals surface area contributed by atoms with Gasteiger partial charge in [0.2, 0.25) is 16.0 Å². The lowest BCUT2D eigenvalue weighted by Gasteiger charge is -2.40. The maximum absolute atomic E-state index is 12.8. The molecule has 30 heavy (non-hydrogen) atoms. The number of ketones is 1. The van der Waals surface area contributed by atoms with E-state index < -0.39 is 15.6 Å². The third-order valence-electron chi connectivity index (χ3n) is 5.50. The number of carbonyl (C=O) groups excluding carboxylic acids is 1. The van der Waals surface area contributed by atoms with Crippen molar-refractivity contribution in [2.45, 2.75) is 32.2 Å². The van der Waals surface area contributed by atoms with Crippen LogP contribution in [0.25, 0.3) is 0 Å². The first-order valence-electron chi connectivity index (χ1n) is 9.53. The average Bonchev–Trinajstić information content (AvgIpc) is 2.66. The minimum absolute atomic E-state index is 0.0545. The summed E-state index contributed by atoms with van der Waals surface area (Å²) < 4.78 is 32.0. The zero-order valence-corrected chi connectivity index (χ0v) is 17.9. The highest BCUT2D eigenvalue weighted by atomic mass is 32.2. The Morgan fingerprint density at radius 1 is 1.33 bits per heavy atom. The molecule has 3 heterocycles. The van der Waals surface area contributed by atoms with Crippen LogP contribution in [0.4, 0.5) is 0 Å². The van der Waals surface area contributed by atoms with Crippen molar-refractivity contribution >= 4 is 21.8 Å². The Hall–Kier alpha value is -3.01. The maximum Gasteiger partial charge on any atom is 0.239 e. The molecule has 0 fully saturated rings. The van der Waals surface area contributed by atoms with Crippen molar-refractivity contribution in [3.05, 3.63) is 52.6 Å². The molecule has 1 spiro atoms. The zero-order valence-electron chi connectivity index (χ0n) is 17.0. The predicted molar refractivity (Wildman–Crippen MR) is 111 cm³/mol. The summed E-state index contributed by atoms with van der Waals surface area (Å²) in [6.45, 7) is 3.91. The van der Waals surface area contributed by atoms with Crippen molar-refractivity contribution in [3.8, 4) is 5.75 Å². The van der Waals surface area contributed by atoms with Gasteiger partial charge < -0.3 is 10.5 Å². The second-order valence-corrected chi connectivity index (χ2v) is 9.70. The molecule has 1 aromatic carbocycles. The second kappa shape index (κ2) is 7.05. The van der Waals surface area contributed by atoms with Gasteiger partial charge in [0.1, 0.15) is 17.0 Å². The number of benzene rings is 1. The van der Waals surface area contributed by atoms with Crippen LogP contribution >= 0.6 is 0 Å². The summed E-state index contributed by atoms with van der Waals surface area (Å²) in [5.41, 5.74) is 7.90. The SMILES string of the molecule is Cc1cnc(C(=O)Cc2ccc3c(c2)[C@]2(CCO3)CS(=O)(=O)N(C)C(N)=N2)c(C)n1. The van der Waals surface area contributed by atoms with Crippen molar-refractivity contribution < 1.29 is 17.9 Å². The standard InChI is InChI=1S/C20H23N5O4S/c1-12-10-22-18(13(2)23-12)16(26)9-14-4-5-17-15(8-14)20(6-7-29-17)11-30(27,28)25(3)19(21)24-20/h4-5,8,10H,6-7,9,11H2,1-3H3,(H2,21,24)/t20-/m0/s1. The molecule has 0 amide bonds. The van der Waals surface area contributed by atoms with Crippen LogP contribution in [0.3, 0.4) is 0 Å². The number of aromatic nitrogens is 2. The summed E-state index contributed by atoms with van der Waals surface area (Å²) in [4.78, 5) is 25.9. The summed E-state index contributed by atoms with van der Waals surface area (Å²) >= 11 is 0. The van der Waals surface area contributed by atoms with E-state index in [0.29, 0.717) is 35.7 Å². The van der Waals surface area contributed by atoms with Gasteiger partial charge in [-0.15, -0.1) is 0 Å². The van der Waals surface area contributed by atoms with Crippen molar-refractivity contribution in [1.29, 1.82) is 0 Å². The molecule has 0 radical (unpaired) electrons. The number of guanidine groups is 1. The molecule has 9 nitrogen and oxygen atoms in total. The highest BCUT2D eigenvalue weighted by Gasteiger charge is 2.46. The fourth-order valence-corrected chi connectivity index (χ4v) is 5.40. The highest BCUT2D eigenvalue weighted by molar-refractivity contribution is 7.89. The third-order valence-corrected chi connectivity index (χ3v) is 7.37. The van der Waals surface area contributed by atoms with Gasteiger partial charge >= 0.3 is 0 Å². The van der Waals surface area contributed by atoms with Gasteiger partial charge in [0, 0.05) is 31.6 Å². The van der Waals surface area contributed by atoms with Gasteiger partial charge in [-0.2, -0.15) is 0 Å². The monoisotopic (exact) mass is 429 g/mol. The van der Waals surface area contributed by atoms with Crippen LogP contribution in [0.15, 0.2) is 29.4 Å². The molecule has 158 valence electrons. The lowest BCUT2D eigenvalue weighted by Crippen LogP contribution is -2.52. The predicted octanol–water partition coefficient (Wildman–Crippen LogP) is 1.09. The Kier molecular flexibility index (Phi) is 4.76. The molecule has 2 aliphatic rings. The first kappa shape index (κ1) is 20.3. The summed E-state index contributed by atoms with van der Waals surface area (Å²) in [7, 11) is -2.22. The molecular weight excluding hydrogens is 406 g/mol. The van der Waals surface area contributed by atoms with Gasteiger partial charge in [0.05, 0.1) is 23.7 Å². The Morgan fingerprint density at radius 2 is 2.10 bits per heavy atom. The minimum Gasteiger partial charge on any atom is -0.493 e. The first-order chi connectivity index (χ1) is 14.1. The molecule has 0 aliphatic carbocycles. The molecule has 0 saturated heterocycles. The number of carbonyl (C=O) groups is 1. The molecule has 2 N–H and O–H groups in total. The Bertz CT molecular complexity index is 1180. The topological polar surface area (TPSA) is 128 Å².